The minimum atomic E-state index is -0.660. The van der Waals surface area contributed by atoms with Crippen LogP contribution in [0.1, 0.15) is 35.7 Å². The third-order valence-electron chi connectivity index (χ3n) is 5.20. The summed E-state index contributed by atoms with van der Waals surface area (Å²) in [6.45, 7) is 4.97. The van der Waals surface area contributed by atoms with E-state index in [-0.39, 0.29) is 18.1 Å². The van der Waals surface area contributed by atoms with Gasteiger partial charge in [0.15, 0.2) is 5.69 Å². The molecule has 1 aromatic carbocycles. The van der Waals surface area contributed by atoms with Gasteiger partial charge in [0.05, 0.1) is 5.54 Å². The number of aromatic nitrogens is 2. The molecule has 142 valence electrons. The van der Waals surface area contributed by atoms with Gasteiger partial charge in [-0.15, -0.1) is 0 Å². The highest BCUT2D eigenvalue weighted by Gasteiger charge is 2.36. The van der Waals surface area contributed by atoms with Crippen LogP contribution in [-0.2, 0) is 18.6 Å². The number of carbonyl (C=O) groups excluding carboxylic acids is 1. The summed E-state index contributed by atoms with van der Waals surface area (Å²) in [5.41, 5.74) is -0.303. The summed E-state index contributed by atoms with van der Waals surface area (Å²) in [7, 11) is 3.55. The van der Waals surface area contributed by atoms with E-state index in [4.69, 9.17) is 0 Å². The van der Waals surface area contributed by atoms with Crippen molar-refractivity contribution in [2.45, 2.75) is 32.5 Å². The minimum absolute atomic E-state index is 0.128. The first-order valence-electron chi connectivity index (χ1n) is 8.71. The molecule has 1 aromatic heterocycles. The number of benzene rings is 1. The molecule has 2 aromatic rings. The molecule has 0 saturated carbocycles. The van der Waals surface area contributed by atoms with Crippen LogP contribution >= 0.6 is 0 Å². The fraction of sp³-hybridized carbons (Fsp3) is 0.389. The zero-order chi connectivity index (χ0) is 19.9. The molecule has 0 saturated heterocycles. The van der Waals surface area contributed by atoms with Gasteiger partial charge >= 0.3 is 0 Å². The second-order valence-corrected chi connectivity index (χ2v) is 7.34. The highest BCUT2D eigenvalue weighted by Crippen LogP contribution is 2.28. The topological polar surface area (TPSA) is 87.5 Å². The van der Waals surface area contributed by atoms with Crippen molar-refractivity contribution in [3.63, 3.8) is 0 Å². The average molecular weight is 372 g/mol. The van der Waals surface area contributed by atoms with Crippen LogP contribution in [-0.4, -0.2) is 46.9 Å². The van der Waals surface area contributed by atoms with Gasteiger partial charge in [0, 0.05) is 19.6 Å². The maximum absolute atomic E-state index is 13.4. The van der Waals surface area contributed by atoms with E-state index >= 15 is 0 Å². The summed E-state index contributed by atoms with van der Waals surface area (Å²) in [6.07, 6.45) is 0. The Morgan fingerprint density at radius 3 is 2.78 bits per heavy atom. The third kappa shape index (κ3) is 3.34. The van der Waals surface area contributed by atoms with Crippen molar-refractivity contribution < 1.29 is 14.3 Å². The van der Waals surface area contributed by atoms with Gasteiger partial charge in [0.25, 0.3) is 11.5 Å². The summed E-state index contributed by atoms with van der Waals surface area (Å²) in [5.74, 6) is -1.20. The van der Waals surface area contributed by atoms with Gasteiger partial charge < -0.3 is 10.4 Å². The lowest BCUT2D eigenvalue weighted by atomic mass is 9.93. The number of amides is 1. The van der Waals surface area contributed by atoms with Crippen LogP contribution in [0.2, 0.25) is 0 Å². The Morgan fingerprint density at radius 2 is 2.11 bits per heavy atom. The molecule has 0 spiro atoms. The van der Waals surface area contributed by atoms with Crippen LogP contribution < -0.4 is 16.3 Å². The number of nitrogens with zero attached hydrogens (tertiary/aromatic N) is 3. The largest absolute Gasteiger partial charge is 0.501 e. The maximum Gasteiger partial charge on any atom is 0.296 e. The Bertz CT molecular complexity index is 974. The van der Waals surface area contributed by atoms with Gasteiger partial charge in [-0.1, -0.05) is 17.6 Å². The van der Waals surface area contributed by atoms with E-state index in [2.05, 4.69) is 10.3 Å². The Kier molecular flexibility index (Phi) is 4.81. The molecule has 9 heteroatoms. The number of fused-ring (bicyclic) bond motifs is 1. The van der Waals surface area contributed by atoms with E-state index in [1.807, 2.05) is 25.8 Å². The van der Waals surface area contributed by atoms with Gasteiger partial charge in [0.1, 0.15) is 19.5 Å². The van der Waals surface area contributed by atoms with Crippen molar-refractivity contribution in [1.82, 2.24) is 19.8 Å². The number of nitrogens with one attached hydrogen (secondary N) is 1. The standard InChI is InChI=1S/C18H22BFN4O3/c1-18(2)17-22-13(14(25)16(27)24(17)7-6-23(18)3)15(26)21-9-10-4-5-12(20)11(19)8-10/h4-5,8,25H,6-7,9,19H2,1-3H3,(H,21,26). The summed E-state index contributed by atoms with van der Waals surface area (Å²) < 4.78 is 14.8. The molecule has 0 radical (unpaired) electrons. The molecular weight excluding hydrogens is 350 g/mol. The maximum atomic E-state index is 13.4. The van der Waals surface area contributed by atoms with Crippen LogP contribution in [0.3, 0.4) is 0 Å². The summed E-state index contributed by atoms with van der Waals surface area (Å²) in [4.78, 5) is 31.4. The number of likely N-dealkylation sites (N-methyl/N-ethyl adjacent to an activating group) is 1. The lowest BCUT2D eigenvalue weighted by Gasteiger charge is -2.40. The molecule has 3 rings (SSSR count). The van der Waals surface area contributed by atoms with Crippen molar-refractivity contribution in [2.24, 2.45) is 0 Å². The van der Waals surface area contributed by atoms with Crippen molar-refractivity contribution in [1.29, 1.82) is 0 Å². The first-order valence-corrected chi connectivity index (χ1v) is 8.71. The second kappa shape index (κ2) is 6.81. The molecule has 0 fully saturated rings. The zero-order valence-corrected chi connectivity index (χ0v) is 15.8. The summed E-state index contributed by atoms with van der Waals surface area (Å²) >= 11 is 0. The SMILES string of the molecule is Bc1cc(CNC(=O)c2nc3n(c(=O)c2O)CCN(C)C3(C)C)ccc1F. The molecule has 7 nitrogen and oxygen atoms in total. The Balaban J connectivity index is 1.91. The lowest BCUT2D eigenvalue weighted by Crippen LogP contribution is -2.51. The van der Waals surface area contributed by atoms with E-state index in [1.165, 1.54) is 10.6 Å². The number of carbonyl (C=O) groups is 1. The summed E-state index contributed by atoms with van der Waals surface area (Å²) in [5, 5.41) is 12.8. The predicted octanol–water partition coefficient (Wildman–Crippen LogP) is -0.543. The van der Waals surface area contributed by atoms with Gasteiger partial charge in [0.2, 0.25) is 5.75 Å². The molecule has 0 unspecified atom stereocenters. The number of aromatic hydroxyl groups is 1. The molecule has 0 atom stereocenters. The minimum Gasteiger partial charge on any atom is -0.501 e. The lowest BCUT2D eigenvalue weighted by molar-refractivity contribution is 0.0919. The average Bonchev–Trinajstić information content (AvgIpc) is 2.62. The predicted molar refractivity (Wildman–Crippen MR) is 102 cm³/mol. The van der Waals surface area contributed by atoms with Crippen LogP contribution in [0.25, 0.3) is 0 Å². The molecule has 2 N–H and O–H groups in total. The third-order valence-corrected chi connectivity index (χ3v) is 5.20. The van der Waals surface area contributed by atoms with E-state index < -0.39 is 22.8 Å². The fourth-order valence-electron chi connectivity index (χ4n) is 3.16. The Morgan fingerprint density at radius 1 is 1.41 bits per heavy atom. The first kappa shape index (κ1) is 19.1. The van der Waals surface area contributed by atoms with Gasteiger partial charge in [-0.25, -0.2) is 9.37 Å². The number of hydrogen-bond acceptors (Lipinski definition) is 5. The van der Waals surface area contributed by atoms with Crippen LogP contribution in [0.4, 0.5) is 4.39 Å². The van der Waals surface area contributed by atoms with Crippen LogP contribution in [0, 0.1) is 5.82 Å². The molecule has 27 heavy (non-hydrogen) atoms. The highest BCUT2D eigenvalue weighted by atomic mass is 19.1. The molecule has 2 heterocycles. The molecule has 1 amide bonds. The van der Waals surface area contributed by atoms with E-state index in [9.17, 15) is 19.1 Å². The Labute approximate surface area is 157 Å². The van der Waals surface area contributed by atoms with E-state index in [1.54, 1.807) is 20.0 Å². The molecule has 0 bridgehead atoms. The second-order valence-electron chi connectivity index (χ2n) is 7.34. The highest BCUT2D eigenvalue weighted by molar-refractivity contribution is 6.32. The zero-order valence-electron chi connectivity index (χ0n) is 15.8. The molecule has 0 aliphatic carbocycles. The van der Waals surface area contributed by atoms with Gasteiger partial charge in [-0.3, -0.25) is 19.1 Å². The normalized spacial score (nSPS) is 16.0. The summed E-state index contributed by atoms with van der Waals surface area (Å²) in [6, 6.07) is 4.52. The quantitative estimate of drug-likeness (QED) is 0.707. The molecule has 1 aliphatic rings. The van der Waals surface area contributed by atoms with E-state index in [0.717, 1.165) is 0 Å². The van der Waals surface area contributed by atoms with Crippen LogP contribution in [0.15, 0.2) is 23.0 Å². The van der Waals surface area contributed by atoms with Crippen molar-refractivity contribution in [3.05, 3.63) is 51.5 Å². The van der Waals surface area contributed by atoms with E-state index in [0.29, 0.717) is 29.9 Å². The Hall–Kier alpha value is -2.68. The fourth-order valence-corrected chi connectivity index (χ4v) is 3.16. The van der Waals surface area contributed by atoms with Crippen LogP contribution in [0.5, 0.6) is 5.75 Å². The van der Waals surface area contributed by atoms with Gasteiger partial charge in [-0.05, 0) is 32.5 Å². The first-order chi connectivity index (χ1) is 12.6. The van der Waals surface area contributed by atoms with Crippen molar-refractivity contribution in [3.8, 4) is 5.75 Å². The number of hydrogen-bond donors (Lipinski definition) is 2. The number of rotatable bonds is 3. The van der Waals surface area contributed by atoms with Crippen molar-refractivity contribution >= 4 is 19.2 Å². The molecule has 1 aliphatic heterocycles. The van der Waals surface area contributed by atoms with Gasteiger partial charge in [-0.2, -0.15) is 0 Å². The van der Waals surface area contributed by atoms with Crippen molar-refractivity contribution in [2.75, 3.05) is 13.6 Å². The smallest absolute Gasteiger partial charge is 0.296 e. The monoisotopic (exact) mass is 372 g/mol. The number of halogens is 1. The molecular formula is C18H22BFN4O3.